The van der Waals surface area contributed by atoms with Crippen LogP contribution < -0.4 is 4.90 Å². The van der Waals surface area contributed by atoms with Crippen LogP contribution in [0.4, 0.5) is 18.9 Å². The summed E-state index contributed by atoms with van der Waals surface area (Å²) in [5, 5.41) is -0.505. The van der Waals surface area contributed by atoms with E-state index in [9.17, 15) is 22.8 Å². The molecule has 1 aromatic carbocycles. The molecule has 2 amide bonds. The van der Waals surface area contributed by atoms with Crippen molar-refractivity contribution >= 4 is 63.9 Å². The minimum atomic E-state index is -4.55. The summed E-state index contributed by atoms with van der Waals surface area (Å²) in [6, 6.07) is 3.51. The second-order valence-electron chi connectivity index (χ2n) is 5.36. The number of rotatable bonds is 1. The molecule has 3 rings (SSSR count). The topological polar surface area (TPSA) is 37.4 Å². The van der Waals surface area contributed by atoms with Crippen molar-refractivity contribution in [2.24, 2.45) is 5.92 Å². The Labute approximate surface area is 159 Å². The van der Waals surface area contributed by atoms with E-state index in [1.54, 1.807) is 0 Å². The Morgan fingerprint density at radius 3 is 2.12 bits per heavy atom. The number of carbonyl (C=O) groups excluding carboxylic acids is 2. The molecule has 2 atom stereocenters. The van der Waals surface area contributed by atoms with Gasteiger partial charge >= 0.3 is 6.18 Å². The van der Waals surface area contributed by atoms with Gasteiger partial charge in [-0.05, 0) is 30.3 Å². The molecule has 1 heterocycles. The lowest BCUT2D eigenvalue weighted by molar-refractivity contribution is -0.137. The Morgan fingerprint density at radius 2 is 1.60 bits per heavy atom. The second-order valence-corrected chi connectivity index (χ2v) is 7.11. The van der Waals surface area contributed by atoms with Crippen LogP contribution in [-0.2, 0) is 15.8 Å². The van der Waals surface area contributed by atoms with Gasteiger partial charge in [0.1, 0.15) is 0 Å². The van der Waals surface area contributed by atoms with Crippen LogP contribution in [0.5, 0.6) is 0 Å². The smallest absolute Gasteiger partial charge is 0.273 e. The lowest BCUT2D eigenvalue weighted by Gasteiger charge is -2.26. The highest BCUT2D eigenvalue weighted by Crippen LogP contribution is 2.52. The monoisotopic (exact) mass is 429 g/mol. The average Bonchev–Trinajstić information content (AvgIpc) is 2.74. The Hall–Kier alpha value is -1.21. The van der Waals surface area contributed by atoms with Gasteiger partial charge in [-0.2, -0.15) is 13.2 Å². The highest BCUT2D eigenvalue weighted by Gasteiger charge is 2.62. The fraction of sp³-hybridized carbons (Fsp3) is 0.200. The number of imide groups is 1. The number of halogens is 7. The summed E-state index contributed by atoms with van der Waals surface area (Å²) in [5.41, 5.74) is -0.986. The lowest BCUT2D eigenvalue weighted by Crippen LogP contribution is -2.40. The molecule has 2 unspecified atom stereocenters. The molecule has 1 aliphatic heterocycles. The van der Waals surface area contributed by atoms with Gasteiger partial charge in [0.2, 0.25) is 5.91 Å². The number of benzene rings is 1. The number of fused-ring (bicyclic) bond motifs is 1. The van der Waals surface area contributed by atoms with Gasteiger partial charge < -0.3 is 0 Å². The summed E-state index contributed by atoms with van der Waals surface area (Å²) in [6.45, 7) is 0. The molecule has 1 saturated heterocycles. The van der Waals surface area contributed by atoms with Gasteiger partial charge in [0.05, 0.1) is 32.3 Å². The molecule has 1 aliphatic carbocycles. The van der Waals surface area contributed by atoms with Gasteiger partial charge in [-0.25, -0.2) is 4.90 Å². The van der Waals surface area contributed by atoms with Crippen LogP contribution in [-0.4, -0.2) is 16.7 Å². The number of amides is 2. The van der Waals surface area contributed by atoms with Crippen molar-refractivity contribution < 1.29 is 22.8 Å². The highest BCUT2D eigenvalue weighted by atomic mass is 35.5. The molecule has 1 aromatic rings. The minimum absolute atomic E-state index is 0.0386. The largest absolute Gasteiger partial charge is 0.416 e. The van der Waals surface area contributed by atoms with E-state index < -0.39 is 34.3 Å². The highest BCUT2D eigenvalue weighted by molar-refractivity contribution is 6.58. The van der Waals surface area contributed by atoms with Crippen LogP contribution in [0.2, 0.25) is 0 Å². The number of alkyl halides is 4. The molecular formula is C15H6Cl4F3NO2. The van der Waals surface area contributed by atoms with Crippen LogP contribution >= 0.6 is 46.4 Å². The molecule has 0 aromatic heterocycles. The van der Waals surface area contributed by atoms with Crippen LogP contribution in [0.15, 0.2) is 45.4 Å². The van der Waals surface area contributed by atoms with Crippen molar-refractivity contribution in [2.75, 3.05) is 4.90 Å². The molecule has 0 saturated carbocycles. The summed E-state index contributed by atoms with van der Waals surface area (Å²) in [4.78, 5) is 24.0. The Balaban J connectivity index is 2.06. The third kappa shape index (κ3) is 2.67. The van der Waals surface area contributed by atoms with Crippen LogP contribution in [0.1, 0.15) is 5.56 Å². The first kappa shape index (κ1) is 18.6. The molecular weight excluding hydrogens is 425 g/mol. The van der Waals surface area contributed by atoms with E-state index in [0.29, 0.717) is 4.90 Å². The zero-order chi connectivity index (χ0) is 18.7. The zero-order valence-corrected chi connectivity index (χ0v) is 14.9. The predicted octanol–water partition coefficient (Wildman–Crippen LogP) is 5.00. The summed E-state index contributed by atoms with van der Waals surface area (Å²) in [5.74, 6) is -2.89. The average molecular weight is 431 g/mol. The third-order valence-corrected chi connectivity index (χ3v) is 5.99. The lowest BCUT2D eigenvalue weighted by atomic mass is 9.89. The molecule has 1 fully saturated rings. The third-order valence-electron chi connectivity index (χ3n) is 3.92. The summed E-state index contributed by atoms with van der Waals surface area (Å²) in [7, 11) is 0. The molecule has 0 spiro atoms. The second kappa shape index (κ2) is 5.91. The fourth-order valence-corrected chi connectivity index (χ4v) is 3.81. The minimum Gasteiger partial charge on any atom is -0.273 e. The van der Waals surface area contributed by atoms with E-state index in [-0.39, 0.29) is 20.8 Å². The molecule has 0 radical (unpaired) electrons. The zero-order valence-electron chi connectivity index (χ0n) is 11.9. The quantitative estimate of drug-likeness (QED) is 0.464. The Kier molecular flexibility index (Phi) is 4.39. The number of carbonyl (C=O) groups is 2. The van der Waals surface area contributed by atoms with Crippen molar-refractivity contribution in [3.63, 3.8) is 0 Å². The molecule has 10 heteroatoms. The van der Waals surface area contributed by atoms with Gasteiger partial charge in [0, 0.05) is 0 Å². The first-order valence-electron chi connectivity index (χ1n) is 6.67. The maximum Gasteiger partial charge on any atom is 0.416 e. The van der Waals surface area contributed by atoms with Gasteiger partial charge in [0.15, 0.2) is 4.87 Å². The van der Waals surface area contributed by atoms with E-state index in [1.165, 1.54) is 6.08 Å². The fourth-order valence-electron chi connectivity index (χ4n) is 2.65. The summed E-state index contributed by atoms with van der Waals surface area (Å²) in [6.07, 6.45) is -3.35. The summed E-state index contributed by atoms with van der Waals surface area (Å²) >= 11 is 24.1. The first-order chi connectivity index (χ1) is 11.5. The van der Waals surface area contributed by atoms with Crippen LogP contribution in [0.3, 0.4) is 0 Å². The number of hydrogen-bond donors (Lipinski definition) is 0. The van der Waals surface area contributed by atoms with E-state index in [4.69, 9.17) is 46.4 Å². The molecule has 25 heavy (non-hydrogen) atoms. The molecule has 3 nitrogen and oxygen atoms in total. The van der Waals surface area contributed by atoms with Gasteiger partial charge in [-0.1, -0.05) is 34.8 Å². The first-order valence-corrected chi connectivity index (χ1v) is 8.18. The summed E-state index contributed by atoms with van der Waals surface area (Å²) < 4.78 is 38.0. The predicted molar refractivity (Wildman–Crippen MR) is 88.7 cm³/mol. The Bertz CT molecular complexity index is 847. The Morgan fingerprint density at radius 1 is 1.04 bits per heavy atom. The number of hydrogen-bond acceptors (Lipinski definition) is 2. The molecule has 132 valence electrons. The van der Waals surface area contributed by atoms with Crippen LogP contribution in [0, 0.1) is 5.92 Å². The van der Waals surface area contributed by atoms with Crippen molar-refractivity contribution in [3.05, 3.63) is 51.0 Å². The van der Waals surface area contributed by atoms with Gasteiger partial charge in [0.25, 0.3) is 5.91 Å². The molecule has 0 bridgehead atoms. The van der Waals surface area contributed by atoms with E-state index in [2.05, 4.69) is 0 Å². The maximum atomic E-state index is 12.7. The van der Waals surface area contributed by atoms with Crippen molar-refractivity contribution in [3.8, 4) is 0 Å². The molecule has 2 aliphatic rings. The molecule has 0 N–H and O–H groups in total. The van der Waals surface area contributed by atoms with Crippen molar-refractivity contribution in [1.82, 2.24) is 0 Å². The SMILES string of the molecule is O=C1C2C=C(Cl)C(Cl)=C(Cl)C2(Cl)C(=O)N1c1ccc(C(F)(F)F)cc1. The number of allylic oxidation sites excluding steroid dienone is 2. The van der Waals surface area contributed by atoms with E-state index >= 15 is 0 Å². The van der Waals surface area contributed by atoms with Gasteiger partial charge in [-0.15, -0.1) is 11.6 Å². The standard InChI is InChI=1S/C15H6Cl4F3NO2/c16-9-5-8-12(24)23(13(25)14(8,19)11(18)10(9)17)7-3-1-6(2-4-7)15(20,21)22/h1-5,8H. The number of anilines is 1. The number of nitrogens with zero attached hydrogens (tertiary/aromatic N) is 1. The van der Waals surface area contributed by atoms with E-state index in [0.717, 1.165) is 24.3 Å². The van der Waals surface area contributed by atoms with Gasteiger partial charge in [-0.3, -0.25) is 9.59 Å². The van der Waals surface area contributed by atoms with E-state index in [1.807, 2.05) is 0 Å². The van der Waals surface area contributed by atoms with Crippen molar-refractivity contribution in [1.29, 1.82) is 0 Å². The van der Waals surface area contributed by atoms with Crippen LogP contribution in [0.25, 0.3) is 0 Å². The normalized spacial score (nSPS) is 26.9. The van der Waals surface area contributed by atoms with Crippen molar-refractivity contribution in [2.45, 2.75) is 11.1 Å². The maximum absolute atomic E-state index is 12.7.